The van der Waals surface area contributed by atoms with Crippen molar-refractivity contribution in [2.24, 2.45) is 17.3 Å². The summed E-state index contributed by atoms with van der Waals surface area (Å²) in [7, 11) is 7.52. The van der Waals surface area contributed by atoms with E-state index in [0.29, 0.717) is 32.1 Å². The van der Waals surface area contributed by atoms with E-state index in [1.165, 1.54) is 45.2 Å². The Morgan fingerprint density at radius 3 is 1.56 bits per heavy atom. The molecule has 1 spiro atoms. The summed E-state index contributed by atoms with van der Waals surface area (Å²) in [5, 5.41) is 8.27. The predicted octanol–water partition coefficient (Wildman–Crippen LogP) is 7.45. The van der Waals surface area contributed by atoms with Crippen LogP contribution in [0, 0.1) is 17.3 Å². The van der Waals surface area contributed by atoms with Crippen molar-refractivity contribution in [3.05, 3.63) is 71.8 Å². The van der Waals surface area contributed by atoms with Crippen molar-refractivity contribution in [1.29, 1.82) is 0 Å². The molecule has 0 radical (unpaired) electrons. The molecule has 0 bridgehead atoms. The first-order chi connectivity index (χ1) is 19.6. The minimum atomic E-state index is -4.70. The second-order valence-electron chi connectivity index (χ2n) is 19.6. The van der Waals surface area contributed by atoms with Gasteiger partial charge in [-0.15, -0.1) is 0 Å². The quantitative estimate of drug-likeness (QED) is 0.258. The van der Waals surface area contributed by atoms with Gasteiger partial charge in [0, 0.05) is 0 Å². The van der Waals surface area contributed by atoms with Crippen LogP contribution in [0.5, 0.6) is 0 Å². The topological polar surface area (TPSA) is 24.1 Å². The summed E-state index contributed by atoms with van der Waals surface area (Å²) in [6.07, 6.45) is 4.19. The van der Waals surface area contributed by atoms with Crippen LogP contribution in [-0.2, 0) is 15.1 Å². The van der Waals surface area contributed by atoms with Crippen LogP contribution in [0.4, 0.5) is 0 Å². The average Bonchev–Trinajstić information content (AvgIpc) is 3.79. The molecule has 12 aliphatic rings. The fraction of sp³-hybridized carbons (Fsp3) is 0.667. The number of hydrogen-bond donors (Lipinski definition) is 2. The molecule has 2 nitrogen and oxygen atoms in total. The van der Waals surface area contributed by atoms with Gasteiger partial charge in [0.15, 0.2) is 0 Å². The van der Waals surface area contributed by atoms with Crippen molar-refractivity contribution in [2.45, 2.75) is 84.4 Å². The van der Waals surface area contributed by atoms with Gasteiger partial charge in [-0.1, -0.05) is 0 Å². The van der Waals surface area contributed by atoms with E-state index in [4.69, 9.17) is 0 Å². The van der Waals surface area contributed by atoms with Crippen molar-refractivity contribution in [2.75, 3.05) is 32.3 Å². The summed E-state index contributed by atoms with van der Waals surface area (Å²) in [5.41, 5.74) is 4.03. The third-order valence-corrected chi connectivity index (χ3v) is 71.5. The molecular formula is C36H46FeN2P2. The Kier molecular flexibility index (Phi) is 1.84. The van der Waals surface area contributed by atoms with Gasteiger partial charge in [0.2, 0.25) is 0 Å². The van der Waals surface area contributed by atoms with Gasteiger partial charge in [0.05, 0.1) is 0 Å². The molecule has 0 saturated carbocycles. The van der Waals surface area contributed by atoms with Gasteiger partial charge in [-0.25, -0.2) is 0 Å². The van der Waals surface area contributed by atoms with Crippen molar-refractivity contribution >= 4 is 18.5 Å². The molecule has 12 fully saturated rings. The molecule has 2 aromatic rings. The monoisotopic (exact) mass is 624 g/mol. The van der Waals surface area contributed by atoms with Crippen molar-refractivity contribution in [3.8, 4) is 0 Å². The van der Waals surface area contributed by atoms with E-state index in [1.807, 2.05) is 11.1 Å². The Morgan fingerprint density at radius 1 is 0.732 bits per heavy atom. The Labute approximate surface area is 240 Å². The normalized spacial score (nSPS) is 73.0. The van der Waals surface area contributed by atoms with Crippen LogP contribution >= 0.6 is 18.5 Å². The second kappa shape index (κ2) is 3.38. The third kappa shape index (κ3) is 0.476. The maximum atomic E-state index is 3.96. The average molecular weight is 625 g/mol. The molecule has 2 aromatic carbocycles. The van der Waals surface area contributed by atoms with E-state index in [1.54, 1.807) is 0 Å². The summed E-state index contributed by atoms with van der Waals surface area (Å²) < 4.78 is 2.76. The number of rotatable bonds is 6. The Balaban J connectivity index is 1.27. The van der Waals surface area contributed by atoms with Crippen molar-refractivity contribution in [3.63, 3.8) is 0 Å². The molecule has 14 rings (SSSR count). The fourth-order valence-electron chi connectivity index (χ4n) is 28.3. The van der Waals surface area contributed by atoms with E-state index in [9.17, 15) is 0 Å². The summed E-state index contributed by atoms with van der Waals surface area (Å²) >= 11 is 0. The van der Waals surface area contributed by atoms with Gasteiger partial charge in [0.1, 0.15) is 0 Å². The second-order valence-corrected chi connectivity index (χ2v) is 43.3. The van der Waals surface area contributed by atoms with Gasteiger partial charge >= 0.3 is 241 Å². The van der Waals surface area contributed by atoms with E-state index in [0.717, 1.165) is 35.9 Å². The van der Waals surface area contributed by atoms with Crippen LogP contribution in [0.2, 0.25) is 37.0 Å². The molecule has 9 unspecified atom stereocenters. The summed E-state index contributed by atoms with van der Waals surface area (Å²) in [5.74, 6) is 1.62. The van der Waals surface area contributed by atoms with Crippen molar-refractivity contribution in [1.82, 2.24) is 10.6 Å². The molecule has 5 heteroatoms. The number of nitrogens with one attached hydrogen (secondary N) is 2. The van der Waals surface area contributed by atoms with Crippen LogP contribution in [0.15, 0.2) is 60.7 Å². The molecule has 0 aliphatic carbocycles. The van der Waals surface area contributed by atoms with Crippen LogP contribution in [0.1, 0.15) is 44.7 Å². The third-order valence-electron chi connectivity index (χ3n) is 23.4. The molecule has 41 heavy (non-hydrogen) atoms. The van der Waals surface area contributed by atoms with E-state index in [-0.39, 0.29) is 0 Å². The zero-order valence-corrected chi connectivity index (χ0v) is 28.2. The summed E-state index contributed by atoms with van der Waals surface area (Å²) in [4.78, 5) is 5.78. The van der Waals surface area contributed by atoms with Crippen LogP contribution in [0.3, 0.4) is 0 Å². The van der Waals surface area contributed by atoms with E-state index in [2.05, 4.69) is 111 Å². The Bertz CT molecular complexity index is 2040. The van der Waals surface area contributed by atoms with Gasteiger partial charge in [-0.05, 0) is 0 Å². The van der Waals surface area contributed by atoms with Gasteiger partial charge in [-0.2, -0.15) is 0 Å². The molecule has 2 N–H and O–H groups in total. The zero-order chi connectivity index (χ0) is 27.4. The predicted molar refractivity (Wildman–Crippen MR) is 171 cm³/mol. The first-order valence-electron chi connectivity index (χ1n) is 16.8. The molecular weight excluding hydrogens is 578 g/mol. The molecule has 12 aliphatic heterocycles. The molecule has 12 saturated heterocycles. The fourth-order valence-corrected chi connectivity index (χ4v) is 122. The van der Waals surface area contributed by atoms with Gasteiger partial charge in [-0.3, -0.25) is 0 Å². The van der Waals surface area contributed by atoms with Crippen molar-refractivity contribution < 1.29 is 6.51 Å². The number of hydrogen-bond acceptors (Lipinski definition) is 2. The SMILES string of the molecule is CC(C)(C)[C]12[C]3(c4ccccc4)[C]4(c5ccccc5)[C]5(CP)[C]1(C(P)(C1CCNC1)C1CCNC1)[Fe]54321678[CH]2[CH]1[CH]6[CH]7[CH]28. The molecule has 218 valence electrons. The Morgan fingerprint density at radius 2 is 1.20 bits per heavy atom. The molecule has 12 heterocycles. The standard InChI is InChI=1S/C31H41N2P2.C5H5.Fe/c1-30(2,3)29-27(22-12-8-5-9-13-22)26(21-10-6-4-7-11-21)25(20-34)28(29)31(35,23-14-16-32-18-23)24-15-17-33-19-24;1-2-4-5-3-1;/h4-13,23-24,32-33H,14-20,34-35H2,1-3H3;1-5H;. The minimum absolute atomic E-state index is 0.344. The summed E-state index contributed by atoms with van der Waals surface area (Å²) in [6, 6.07) is 25.1. The molecule has 0 amide bonds. The Hall–Kier alpha value is -0.261. The maximum absolute atomic E-state index is 4.70. The van der Waals surface area contributed by atoms with Gasteiger partial charge in [0.25, 0.3) is 0 Å². The first kappa shape index (κ1) is 22.3. The molecule has 0 aromatic heterocycles. The summed E-state index contributed by atoms with van der Waals surface area (Å²) in [6.45, 7) is 8.65. The molecule has 9 atom stereocenters. The van der Waals surface area contributed by atoms with Crippen LogP contribution in [-0.4, -0.2) is 37.5 Å². The number of fused-ring (bicyclic) bond motifs is 10. The van der Waals surface area contributed by atoms with E-state index < -0.39 is 6.51 Å². The number of benzene rings is 2. The van der Waals surface area contributed by atoms with E-state index >= 15 is 0 Å². The van der Waals surface area contributed by atoms with Gasteiger partial charge < -0.3 is 0 Å². The van der Waals surface area contributed by atoms with Crippen LogP contribution in [0.25, 0.3) is 0 Å². The van der Waals surface area contributed by atoms with Crippen LogP contribution < -0.4 is 10.6 Å². The zero-order valence-electron chi connectivity index (χ0n) is 24.8. The first-order valence-corrected chi connectivity index (χ1v) is 24.2.